The molecule has 6 nitrogen and oxygen atoms in total. The molecule has 2 heterocycles. The lowest BCUT2D eigenvalue weighted by atomic mass is 10.1. The molecule has 0 aromatic carbocycles. The number of aromatic nitrogens is 3. The van der Waals surface area contributed by atoms with Crippen molar-refractivity contribution in [3.63, 3.8) is 0 Å². The van der Waals surface area contributed by atoms with Gasteiger partial charge in [-0.05, 0) is 43.2 Å². The molecule has 1 aliphatic rings. The van der Waals surface area contributed by atoms with Crippen LogP contribution in [0.5, 0.6) is 0 Å². The van der Waals surface area contributed by atoms with Crippen molar-refractivity contribution >= 4 is 5.91 Å². The Hall–Kier alpha value is -2.42. The van der Waals surface area contributed by atoms with Gasteiger partial charge in [0.15, 0.2) is 5.82 Å². The van der Waals surface area contributed by atoms with Crippen LogP contribution in [0.3, 0.4) is 0 Å². The van der Waals surface area contributed by atoms with Gasteiger partial charge in [-0.3, -0.25) is 4.79 Å². The van der Waals surface area contributed by atoms with E-state index in [4.69, 9.17) is 4.74 Å². The number of nitrogens with zero attached hydrogens (tertiary/aromatic N) is 3. The first-order valence-corrected chi connectivity index (χ1v) is 9.75. The molecule has 2 aromatic heterocycles. The lowest BCUT2D eigenvalue weighted by Crippen LogP contribution is -2.26. The average molecular weight is 410 g/mol. The lowest BCUT2D eigenvalue weighted by Gasteiger charge is -2.13. The number of hydrogen-bond donors (Lipinski definition) is 1. The third-order valence-electron chi connectivity index (χ3n) is 4.69. The summed E-state index contributed by atoms with van der Waals surface area (Å²) in [4.78, 5) is 16.5. The van der Waals surface area contributed by atoms with Gasteiger partial charge in [0.2, 0.25) is 0 Å². The van der Waals surface area contributed by atoms with Gasteiger partial charge < -0.3 is 10.1 Å². The molecule has 0 unspecified atom stereocenters. The average Bonchev–Trinajstić information content (AvgIpc) is 3.38. The summed E-state index contributed by atoms with van der Waals surface area (Å²) in [7, 11) is 0. The van der Waals surface area contributed by atoms with Crippen LogP contribution < -0.4 is 5.32 Å². The van der Waals surface area contributed by atoms with E-state index in [1.165, 1.54) is 29.8 Å². The second-order valence-corrected chi connectivity index (χ2v) is 7.54. The molecule has 1 aliphatic carbocycles. The number of ether oxygens (including phenoxy) is 1. The topological polar surface area (TPSA) is 69.0 Å². The summed E-state index contributed by atoms with van der Waals surface area (Å²) in [5, 5.41) is 7.04. The number of rotatable bonds is 9. The van der Waals surface area contributed by atoms with Gasteiger partial charge in [-0.25, -0.2) is 9.67 Å². The van der Waals surface area contributed by atoms with Gasteiger partial charge in [0, 0.05) is 26.0 Å². The number of amides is 1. The van der Waals surface area contributed by atoms with Gasteiger partial charge in [-0.1, -0.05) is 13.8 Å². The van der Waals surface area contributed by atoms with E-state index >= 15 is 0 Å². The molecule has 1 saturated carbocycles. The first-order chi connectivity index (χ1) is 13.8. The minimum Gasteiger partial charge on any atom is -0.381 e. The van der Waals surface area contributed by atoms with Gasteiger partial charge in [0.1, 0.15) is 0 Å². The van der Waals surface area contributed by atoms with Gasteiger partial charge in [0.05, 0.1) is 23.0 Å². The number of pyridine rings is 1. The normalized spacial score (nSPS) is 14.4. The quantitative estimate of drug-likeness (QED) is 0.636. The molecule has 158 valence electrons. The summed E-state index contributed by atoms with van der Waals surface area (Å²) in [6, 6.07) is 2.20. The summed E-state index contributed by atoms with van der Waals surface area (Å²) < 4.78 is 45.2. The van der Waals surface area contributed by atoms with Gasteiger partial charge in [-0.2, -0.15) is 18.3 Å². The standard InChI is InChI=1S/C20H25F3N4O2/c1-13(2)18-16(19(28)24-8-3-9-29-12-14-4-5-14)11-26-27(18)17-7-6-15(10-25-17)20(21,22)23/h6-7,10-11,13-14H,3-5,8-9,12H2,1-2H3,(H,24,28). The first kappa shape index (κ1) is 21.3. The van der Waals surface area contributed by atoms with Crippen LogP contribution in [0, 0.1) is 5.92 Å². The Labute approximate surface area is 167 Å². The highest BCUT2D eigenvalue weighted by molar-refractivity contribution is 5.95. The Kier molecular flexibility index (Phi) is 6.56. The van der Waals surface area contributed by atoms with Crippen LogP contribution in [0.25, 0.3) is 5.82 Å². The van der Waals surface area contributed by atoms with Crippen LogP contribution in [0.15, 0.2) is 24.5 Å². The van der Waals surface area contributed by atoms with E-state index in [-0.39, 0.29) is 17.6 Å². The van der Waals surface area contributed by atoms with Crippen molar-refractivity contribution in [2.45, 2.75) is 45.2 Å². The summed E-state index contributed by atoms with van der Waals surface area (Å²) >= 11 is 0. The second-order valence-electron chi connectivity index (χ2n) is 7.54. The van der Waals surface area contributed by atoms with Crippen LogP contribution in [-0.4, -0.2) is 40.4 Å². The molecule has 0 radical (unpaired) electrons. The molecule has 1 N–H and O–H groups in total. The molecule has 3 rings (SSSR count). The van der Waals surface area contributed by atoms with E-state index in [2.05, 4.69) is 15.4 Å². The van der Waals surface area contributed by atoms with Crippen LogP contribution in [0.1, 0.15) is 60.6 Å². The summed E-state index contributed by atoms with van der Waals surface area (Å²) in [6.07, 6.45) is 0.934. The van der Waals surface area contributed by atoms with Crippen molar-refractivity contribution in [3.05, 3.63) is 41.3 Å². The Morgan fingerprint density at radius 1 is 1.31 bits per heavy atom. The maximum absolute atomic E-state index is 12.8. The van der Waals surface area contributed by atoms with Gasteiger partial charge in [0.25, 0.3) is 5.91 Å². The molecule has 0 spiro atoms. The summed E-state index contributed by atoms with van der Waals surface area (Å²) in [5.41, 5.74) is 0.154. The lowest BCUT2D eigenvalue weighted by molar-refractivity contribution is -0.137. The molecule has 2 aromatic rings. The monoisotopic (exact) mass is 410 g/mol. The van der Waals surface area contributed by atoms with Crippen molar-refractivity contribution in [2.75, 3.05) is 19.8 Å². The predicted octanol–water partition coefficient (Wildman–Crippen LogP) is 3.96. The van der Waals surface area contributed by atoms with Gasteiger partial charge in [-0.15, -0.1) is 0 Å². The third-order valence-corrected chi connectivity index (χ3v) is 4.69. The van der Waals surface area contributed by atoms with Crippen molar-refractivity contribution in [3.8, 4) is 5.82 Å². The smallest absolute Gasteiger partial charge is 0.381 e. The van der Waals surface area contributed by atoms with Crippen molar-refractivity contribution < 1.29 is 22.7 Å². The highest BCUT2D eigenvalue weighted by Crippen LogP contribution is 2.30. The first-order valence-electron chi connectivity index (χ1n) is 9.75. The third kappa shape index (κ3) is 5.56. The number of carbonyl (C=O) groups is 1. The minimum atomic E-state index is -4.45. The van der Waals surface area contributed by atoms with Crippen molar-refractivity contribution in [1.29, 1.82) is 0 Å². The number of hydrogen-bond acceptors (Lipinski definition) is 4. The number of alkyl halides is 3. The van der Waals surface area contributed by atoms with Gasteiger partial charge >= 0.3 is 6.18 Å². The molecule has 29 heavy (non-hydrogen) atoms. The zero-order valence-corrected chi connectivity index (χ0v) is 16.5. The van der Waals surface area contributed by atoms with E-state index in [9.17, 15) is 18.0 Å². The van der Waals surface area contributed by atoms with E-state index in [0.717, 1.165) is 18.9 Å². The molecular formula is C20H25F3N4O2. The molecule has 0 saturated heterocycles. The fourth-order valence-corrected chi connectivity index (χ4v) is 2.96. The van der Waals surface area contributed by atoms with Crippen LogP contribution in [-0.2, 0) is 10.9 Å². The molecule has 1 fully saturated rings. The fourth-order valence-electron chi connectivity index (χ4n) is 2.96. The molecule has 1 amide bonds. The largest absolute Gasteiger partial charge is 0.417 e. The summed E-state index contributed by atoms with van der Waals surface area (Å²) in [5.74, 6) is 0.593. The second kappa shape index (κ2) is 8.94. The maximum atomic E-state index is 12.8. The molecular weight excluding hydrogens is 385 g/mol. The molecule has 0 bridgehead atoms. The highest BCUT2D eigenvalue weighted by Gasteiger charge is 2.31. The number of halogens is 3. The zero-order chi connectivity index (χ0) is 21.0. The number of nitrogens with one attached hydrogen (secondary N) is 1. The highest BCUT2D eigenvalue weighted by atomic mass is 19.4. The maximum Gasteiger partial charge on any atom is 0.417 e. The van der Waals surface area contributed by atoms with E-state index in [1.807, 2.05) is 13.8 Å². The number of carbonyl (C=O) groups excluding carboxylic acids is 1. The van der Waals surface area contributed by atoms with Crippen molar-refractivity contribution in [1.82, 2.24) is 20.1 Å². The Bertz CT molecular complexity index is 827. The fraction of sp³-hybridized carbons (Fsp3) is 0.550. The Balaban J connectivity index is 1.65. The summed E-state index contributed by atoms with van der Waals surface area (Å²) in [6.45, 7) is 5.64. The van der Waals surface area contributed by atoms with Crippen LogP contribution in [0.4, 0.5) is 13.2 Å². The van der Waals surface area contributed by atoms with Crippen LogP contribution in [0.2, 0.25) is 0 Å². The SMILES string of the molecule is CC(C)c1c(C(=O)NCCCOCC2CC2)cnn1-c1ccc(C(F)(F)F)cn1. The zero-order valence-electron chi connectivity index (χ0n) is 16.5. The molecule has 0 atom stereocenters. The van der Waals surface area contributed by atoms with E-state index in [0.29, 0.717) is 36.7 Å². The molecule has 9 heteroatoms. The predicted molar refractivity (Wildman–Crippen MR) is 101 cm³/mol. The Morgan fingerprint density at radius 3 is 2.66 bits per heavy atom. The van der Waals surface area contributed by atoms with E-state index < -0.39 is 11.7 Å². The van der Waals surface area contributed by atoms with Crippen molar-refractivity contribution in [2.24, 2.45) is 5.92 Å². The van der Waals surface area contributed by atoms with E-state index in [1.54, 1.807) is 0 Å². The molecule has 0 aliphatic heterocycles. The Morgan fingerprint density at radius 2 is 2.07 bits per heavy atom. The van der Waals surface area contributed by atoms with Crippen LogP contribution >= 0.6 is 0 Å². The minimum absolute atomic E-state index is 0.0794.